The molecule has 0 atom stereocenters. The lowest BCUT2D eigenvalue weighted by Crippen LogP contribution is -2.21. The number of nitrogens with zero attached hydrogens (tertiary/aromatic N) is 3. The first-order valence-corrected chi connectivity index (χ1v) is 9.63. The van der Waals surface area contributed by atoms with E-state index in [0.717, 1.165) is 29.5 Å². The molecule has 0 unspecified atom stereocenters. The molecule has 0 spiro atoms. The van der Waals surface area contributed by atoms with Gasteiger partial charge in [0, 0.05) is 30.0 Å². The summed E-state index contributed by atoms with van der Waals surface area (Å²) >= 11 is 7.17. The third kappa shape index (κ3) is 5.00. The van der Waals surface area contributed by atoms with Crippen LogP contribution in [0.3, 0.4) is 0 Å². The van der Waals surface area contributed by atoms with Gasteiger partial charge in [-0.3, -0.25) is 9.97 Å². The number of nitrogens with one attached hydrogen (secondary N) is 1. The Hall–Kier alpha value is -2.85. The van der Waals surface area contributed by atoms with Crippen LogP contribution in [-0.4, -0.2) is 26.2 Å². The van der Waals surface area contributed by atoms with E-state index in [0.29, 0.717) is 16.4 Å². The summed E-state index contributed by atoms with van der Waals surface area (Å²) in [4.78, 5) is 24.0. The van der Waals surface area contributed by atoms with E-state index in [4.69, 9.17) is 16.7 Å². The minimum Gasteiger partial charge on any atom is -0.465 e. The summed E-state index contributed by atoms with van der Waals surface area (Å²) < 4.78 is 39.6. The molecule has 156 valence electrons. The number of amides is 1. The van der Waals surface area contributed by atoms with Gasteiger partial charge in [-0.1, -0.05) is 29.4 Å². The van der Waals surface area contributed by atoms with Crippen LogP contribution in [0.5, 0.6) is 0 Å². The lowest BCUT2D eigenvalue weighted by atomic mass is 10.1. The van der Waals surface area contributed by atoms with E-state index in [1.54, 1.807) is 12.3 Å². The van der Waals surface area contributed by atoms with Crippen molar-refractivity contribution in [1.29, 1.82) is 0 Å². The highest BCUT2D eigenvalue weighted by Gasteiger charge is 2.32. The fourth-order valence-electron chi connectivity index (χ4n) is 2.62. The summed E-state index contributed by atoms with van der Waals surface area (Å²) in [6, 6.07) is 5.28. The van der Waals surface area contributed by atoms with Crippen molar-refractivity contribution in [3.05, 3.63) is 64.6 Å². The Morgan fingerprint density at radius 2 is 1.87 bits per heavy atom. The van der Waals surface area contributed by atoms with E-state index in [9.17, 15) is 18.0 Å². The van der Waals surface area contributed by atoms with Crippen LogP contribution in [0.1, 0.15) is 16.7 Å². The topological polar surface area (TPSA) is 88.0 Å². The molecule has 0 aliphatic carbocycles. The Labute approximate surface area is 178 Å². The highest BCUT2D eigenvalue weighted by molar-refractivity contribution is 7.99. The molecule has 0 aliphatic rings. The molecule has 0 saturated carbocycles. The van der Waals surface area contributed by atoms with E-state index in [2.05, 4.69) is 20.3 Å². The molecule has 30 heavy (non-hydrogen) atoms. The molecule has 11 heteroatoms. The largest absolute Gasteiger partial charge is 0.465 e. The zero-order chi connectivity index (χ0) is 21.9. The monoisotopic (exact) mass is 454 g/mol. The third-order valence-electron chi connectivity index (χ3n) is 3.98. The molecular weight excluding hydrogens is 441 g/mol. The summed E-state index contributed by atoms with van der Waals surface area (Å²) in [6.45, 7) is 1.48. The summed E-state index contributed by atoms with van der Waals surface area (Å²) in [6.07, 6.45) is -1.48. The van der Waals surface area contributed by atoms with Crippen LogP contribution in [-0.2, 0) is 12.7 Å². The number of rotatable bonds is 5. The highest BCUT2D eigenvalue weighted by Crippen LogP contribution is 2.42. The van der Waals surface area contributed by atoms with Gasteiger partial charge in [0.25, 0.3) is 0 Å². The molecule has 0 saturated heterocycles. The number of halogens is 4. The van der Waals surface area contributed by atoms with Gasteiger partial charge in [0.1, 0.15) is 10.7 Å². The van der Waals surface area contributed by atoms with Gasteiger partial charge in [0.05, 0.1) is 16.3 Å². The molecule has 3 rings (SSSR count). The highest BCUT2D eigenvalue weighted by atomic mass is 35.5. The minimum absolute atomic E-state index is 0.0663. The second kappa shape index (κ2) is 8.88. The van der Waals surface area contributed by atoms with Crippen LogP contribution in [0.4, 0.5) is 18.0 Å². The Morgan fingerprint density at radius 3 is 2.53 bits per heavy atom. The number of carboxylic acid groups (broad SMARTS) is 1. The molecule has 6 nitrogen and oxygen atoms in total. The van der Waals surface area contributed by atoms with Crippen molar-refractivity contribution in [2.45, 2.75) is 29.6 Å². The number of hydrogen-bond acceptors (Lipinski definition) is 5. The fraction of sp³-hybridized carbons (Fsp3) is 0.158. The smallest absolute Gasteiger partial charge is 0.416 e. The Bertz CT molecular complexity index is 1100. The van der Waals surface area contributed by atoms with Crippen LogP contribution in [0.15, 0.2) is 52.8 Å². The molecule has 0 fully saturated rings. The van der Waals surface area contributed by atoms with Crippen LogP contribution in [0.2, 0.25) is 5.02 Å². The predicted molar refractivity (Wildman–Crippen MR) is 105 cm³/mol. The van der Waals surface area contributed by atoms with E-state index in [1.807, 2.05) is 13.0 Å². The number of carbonyl (C=O) groups is 1. The number of alkyl halides is 3. The predicted octanol–water partition coefficient (Wildman–Crippen LogP) is 5.44. The molecule has 2 heterocycles. The van der Waals surface area contributed by atoms with E-state index >= 15 is 0 Å². The Kier molecular flexibility index (Phi) is 6.47. The van der Waals surface area contributed by atoms with Gasteiger partial charge in [0.15, 0.2) is 0 Å². The summed E-state index contributed by atoms with van der Waals surface area (Å²) in [5.74, 6) is 0. The molecule has 2 N–H and O–H groups in total. The average molecular weight is 455 g/mol. The van der Waals surface area contributed by atoms with Crippen LogP contribution >= 0.6 is 23.4 Å². The SMILES string of the molecule is Cc1cccnc1-c1nccnc1Sc1c(Cl)cc(C(F)(F)F)cc1CNC(=O)O. The molecule has 3 aromatic rings. The van der Waals surface area contributed by atoms with E-state index < -0.39 is 17.8 Å². The molecule has 1 aromatic carbocycles. The lowest BCUT2D eigenvalue weighted by molar-refractivity contribution is -0.137. The van der Waals surface area contributed by atoms with E-state index in [-0.39, 0.29) is 22.0 Å². The van der Waals surface area contributed by atoms with Crippen LogP contribution in [0, 0.1) is 6.92 Å². The summed E-state index contributed by atoms with van der Waals surface area (Å²) in [5, 5.41) is 11.1. The fourth-order valence-corrected chi connectivity index (χ4v) is 3.95. The first kappa shape index (κ1) is 21.8. The van der Waals surface area contributed by atoms with Crippen molar-refractivity contribution in [1.82, 2.24) is 20.3 Å². The van der Waals surface area contributed by atoms with Gasteiger partial charge in [-0.15, -0.1) is 0 Å². The zero-order valence-corrected chi connectivity index (χ0v) is 16.9. The zero-order valence-electron chi connectivity index (χ0n) is 15.4. The van der Waals surface area contributed by atoms with Gasteiger partial charge in [-0.05, 0) is 36.2 Å². The van der Waals surface area contributed by atoms with Gasteiger partial charge in [0.2, 0.25) is 0 Å². The molecule has 1 amide bonds. The molecule has 0 radical (unpaired) electrons. The number of aryl methyl sites for hydroxylation is 1. The Balaban J connectivity index is 2.09. The Morgan fingerprint density at radius 1 is 1.17 bits per heavy atom. The first-order chi connectivity index (χ1) is 14.2. The van der Waals surface area contributed by atoms with Gasteiger partial charge in [-0.2, -0.15) is 13.2 Å². The third-order valence-corrected chi connectivity index (χ3v) is 5.56. The first-order valence-electron chi connectivity index (χ1n) is 8.44. The van der Waals surface area contributed by atoms with Crippen molar-refractivity contribution in [3.63, 3.8) is 0 Å². The van der Waals surface area contributed by atoms with Crippen molar-refractivity contribution < 1.29 is 23.1 Å². The summed E-state index contributed by atoms with van der Waals surface area (Å²) in [5.41, 5.74) is 0.941. The van der Waals surface area contributed by atoms with E-state index in [1.165, 1.54) is 12.4 Å². The van der Waals surface area contributed by atoms with Crippen LogP contribution in [0.25, 0.3) is 11.4 Å². The van der Waals surface area contributed by atoms with Crippen LogP contribution < -0.4 is 5.32 Å². The second-order valence-corrected chi connectivity index (χ2v) is 7.49. The molecule has 0 bridgehead atoms. The number of hydrogen-bond donors (Lipinski definition) is 2. The van der Waals surface area contributed by atoms with Gasteiger partial charge < -0.3 is 10.4 Å². The van der Waals surface area contributed by atoms with Gasteiger partial charge >= 0.3 is 12.3 Å². The standard InChI is InChI=1S/C19H14ClF3N4O2S/c1-10-3-2-4-24-14(10)15-17(26-6-5-25-15)30-16-11(9-27-18(28)29)7-12(8-13(16)20)19(21,22)23/h2-8,27H,9H2,1H3,(H,28,29). The molecule has 2 aromatic heterocycles. The maximum atomic E-state index is 13.2. The number of aromatic nitrogens is 3. The minimum atomic E-state index is -4.63. The van der Waals surface area contributed by atoms with Crippen molar-refractivity contribution in [3.8, 4) is 11.4 Å². The second-order valence-electron chi connectivity index (χ2n) is 6.08. The number of pyridine rings is 1. The molecular formula is C19H14ClF3N4O2S. The number of benzene rings is 1. The van der Waals surface area contributed by atoms with Gasteiger partial charge in [-0.25, -0.2) is 9.78 Å². The maximum Gasteiger partial charge on any atom is 0.416 e. The van der Waals surface area contributed by atoms with Crippen molar-refractivity contribution in [2.24, 2.45) is 0 Å². The summed E-state index contributed by atoms with van der Waals surface area (Å²) in [7, 11) is 0. The molecule has 0 aliphatic heterocycles. The maximum absolute atomic E-state index is 13.2. The quantitative estimate of drug-likeness (QED) is 0.534. The normalized spacial score (nSPS) is 11.4. The van der Waals surface area contributed by atoms with Crippen molar-refractivity contribution in [2.75, 3.05) is 0 Å². The van der Waals surface area contributed by atoms with Crippen molar-refractivity contribution >= 4 is 29.5 Å². The average Bonchev–Trinajstić information content (AvgIpc) is 2.68. The lowest BCUT2D eigenvalue weighted by Gasteiger charge is -2.16.